The molecular weight excluding hydrogens is 1010 g/mol. The SMILES string of the molecule is CCC(C)(C)C(=O)C(=O)N1CCCC[C@H]1C(=O)O[C@H](CCc1ccc(OC)c(OC)c1)c1cccc(OCCNC(=O)CCCC(=O)N[C@@H](Cc2ccccc2)[C@H](O)CN(CC(C)C)S(=O)(=O)c2ccc([N+](=O)[O-])cc2)c1. The lowest BCUT2D eigenvalue weighted by molar-refractivity contribution is -0.384. The van der Waals surface area contributed by atoms with Crippen LogP contribution in [0.3, 0.4) is 0 Å². The van der Waals surface area contributed by atoms with E-state index in [0.717, 1.165) is 39.7 Å². The molecule has 0 bridgehead atoms. The summed E-state index contributed by atoms with van der Waals surface area (Å²) in [6.45, 7) is 9.07. The molecule has 1 saturated heterocycles. The van der Waals surface area contributed by atoms with Gasteiger partial charge in [0.15, 0.2) is 11.5 Å². The van der Waals surface area contributed by atoms with Gasteiger partial charge in [-0.15, -0.1) is 0 Å². The number of methoxy groups -OCH3 is 2. The second kappa shape index (κ2) is 29.0. The van der Waals surface area contributed by atoms with Crippen molar-refractivity contribution in [3.63, 3.8) is 0 Å². The molecule has 0 saturated carbocycles. The Labute approximate surface area is 452 Å². The summed E-state index contributed by atoms with van der Waals surface area (Å²) >= 11 is 0. The van der Waals surface area contributed by atoms with Gasteiger partial charge in [-0.25, -0.2) is 13.2 Å². The molecule has 77 heavy (non-hydrogen) atoms. The van der Waals surface area contributed by atoms with Crippen molar-refractivity contribution in [3.05, 3.63) is 124 Å². The number of piperidine rings is 1. The average Bonchev–Trinajstić information content (AvgIpc) is 3.42. The molecule has 4 atom stereocenters. The van der Waals surface area contributed by atoms with Crippen LogP contribution in [0.1, 0.15) is 109 Å². The molecule has 0 radical (unpaired) electrons. The zero-order chi connectivity index (χ0) is 56.3. The number of nitrogens with zero attached hydrogens (tertiary/aromatic N) is 3. The first-order valence-corrected chi connectivity index (χ1v) is 27.6. The first-order valence-electron chi connectivity index (χ1n) is 26.2. The highest BCUT2D eigenvalue weighted by atomic mass is 32.2. The molecule has 1 fully saturated rings. The Balaban J connectivity index is 1.18. The van der Waals surface area contributed by atoms with Crippen molar-refractivity contribution in [2.75, 3.05) is 47.0 Å². The molecule has 3 N–H and O–H groups in total. The summed E-state index contributed by atoms with van der Waals surface area (Å²) in [4.78, 5) is 79.1. The molecule has 0 aromatic heterocycles. The molecule has 4 aromatic carbocycles. The monoisotopic (exact) mass is 1090 g/mol. The minimum absolute atomic E-state index is 0.00607. The third-order valence-corrected chi connectivity index (χ3v) is 15.5. The van der Waals surface area contributed by atoms with Crippen LogP contribution in [-0.4, -0.2) is 122 Å². The zero-order valence-corrected chi connectivity index (χ0v) is 46.1. The van der Waals surface area contributed by atoms with E-state index >= 15 is 0 Å². The third kappa shape index (κ3) is 17.8. The number of ether oxygens (including phenoxy) is 4. The number of sulfonamides is 1. The quantitative estimate of drug-likeness (QED) is 0.0152. The molecule has 3 amide bonds. The number of carbonyl (C=O) groups is 5. The molecule has 1 aliphatic rings. The number of esters is 1. The second-order valence-corrected chi connectivity index (χ2v) is 22.2. The average molecular weight is 1090 g/mol. The Morgan fingerprint density at radius 2 is 1.57 bits per heavy atom. The number of aliphatic hydroxyl groups is 1. The van der Waals surface area contributed by atoms with Crippen LogP contribution in [0.25, 0.3) is 0 Å². The van der Waals surface area contributed by atoms with Crippen LogP contribution >= 0.6 is 0 Å². The first kappa shape index (κ1) is 61.0. The fraction of sp³-hybridized carbons (Fsp3) is 0.491. The van der Waals surface area contributed by atoms with E-state index < -0.39 is 68.2 Å². The van der Waals surface area contributed by atoms with Crippen LogP contribution in [0, 0.1) is 21.4 Å². The van der Waals surface area contributed by atoms with Gasteiger partial charge in [-0.05, 0) is 110 Å². The van der Waals surface area contributed by atoms with Crippen LogP contribution in [0.5, 0.6) is 17.2 Å². The number of non-ortho nitro benzene ring substituents is 1. The van der Waals surface area contributed by atoms with Crippen LogP contribution in [0.2, 0.25) is 0 Å². The van der Waals surface area contributed by atoms with Gasteiger partial charge in [0.05, 0.1) is 42.7 Å². The number of nitrogens with one attached hydrogen (secondary N) is 2. The number of nitro benzene ring substituents is 1. The van der Waals surface area contributed by atoms with Crippen LogP contribution < -0.4 is 24.8 Å². The van der Waals surface area contributed by atoms with Crippen molar-refractivity contribution in [2.24, 2.45) is 11.3 Å². The lowest BCUT2D eigenvalue weighted by Gasteiger charge is -2.36. The van der Waals surface area contributed by atoms with E-state index in [1.165, 1.54) is 4.90 Å². The summed E-state index contributed by atoms with van der Waals surface area (Å²) in [5.74, 6) is -1.19. The summed E-state index contributed by atoms with van der Waals surface area (Å²) in [6.07, 6.45) is 1.15. The van der Waals surface area contributed by atoms with E-state index in [-0.39, 0.29) is 80.9 Å². The number of likely N-dealkylation sites (tertiary alicyclic amines) is 1. The molecule has 5 rings (SSSR count). The number of aryl methyl sites for hydroxylation is 1. The molecule has 0 aliphatic carbocycles. The summed E-state index contributed by atoms with van der Waals surface area (Å²) in [5.41, 5.74) is 1.17. The van der Waals surface area contributed by atoms with E-state index in [2.05, 4.69) is 10.6 Å². The molecule has 418 valence electrons. The van der Waals surface area contributed by atoms with Crippen LogP contribution in [-0.2, 0) is 51.6 Å². The second-order valence-electron chi connectivity index (χ2n) is 20.3. The molecule has 20 heteroatoms. The fourth-order valence-electron chi connectivity index (χ4n) is 8.84. The summed E-state index contributed by atoms with van der Waals surface area (Å²) in [5, 5.41) is 28.5. The fourth-order valence-corrected chi connectivity index (χ4v) is 10.5. The van der Waals surface area contributed by atoms with E-state index in [1.54, 1.807) is 52.3 Å². The molecule has 0 spiro atoms. The van der Waals surface area contributed by atoms with Gasteiger partial charge in [-0.1, -0.05) is 83.1 Å². The van der Waals surface area contributed by atoms with Gasteiger partial charge in [-0.2, -0.15) is 4.31 Å². The molecule has 19 nitrogen and oxygen atoms in total. The molecule has 1 aliphatic heterocycles. The van der Waals surface area contributed by atoms with Crippen LogP contribution in [0.4, 0.5) is 5.69 Å². The molecule has 4 aromatic rings. The van der Waals surface area contributed by atoms with Crippen molar-refractivity contribution < 1.29 is 61.4 Å². The largest absolute Gasteiger partial charge is 0.493 e. The number of hydrogen-bond donors (Lipinski definition) is 3. The minimum Gasteiger partial charge on any atom is -0.493 e. The Morgan fingerprint density at radius 1 is 0.870 bits per heavy atom. The standard InChI is InChI=1S/C57H75N5O14S/c1-8-57(4,5)54(66)55(67)61-32-13-12-20-47(61)56(68)76-49(29-23-41-24-30-50(73-6)51(35-41)74-7)42-18-14-19-44(36-42)75-33-31-58-52(64)21-15-22-53(65)59-46(34-40-16-10-9-11-17-40)48(63)38-60(37-39(2)3)77(71,72)45-27-25-43(26-28-45)62(69)70/h9-11,14,16-19,24-28,30,35-36,39,46-49,63H,8,12-13,15,20-23,29,31-34,37-38H2,1-7H3,(H,58,64)(H,59,65)/t46-,47-,48+,49+/m0/s1. The van der Waals surface area contributed by atoms with Crippen molar-refractivity contribution in [2.45, 2.75) is 128 Å². The van der Waals surface area contributed by atoms with Crippen molar-refractivity contribution >= 4 is 45.2 Å². The number of rotatable bonds is 30. The van der Waals surface area contributed by atoms with Crippen molar-refractivity contribution in [3.8, 4) is 17.2 Å². The topological polar surface area (TPSA) is 250 Å². The minimum atomic E-state index is -4.21. The Hall–Kier alpha value is -6.90. The van der Waals surface area contributed by atoms with Gasteiger partial charge in [0.2, 0.25) is 27.6 Å². The summed E-state index contributed by atoms with van der Waals surface area (Å²) in [6, 6.07) is 24.4. The maximum absolute atomic E-state index is 14.1. The smallest absolute Gasteiger partial charge is 0.329 e. The zero-order valence-electron chi connectivity index (χ0n) is 45.2. The lowest BCUT2D eigenvalue weighted by atomic mass is 9.84. The number of Topliss-reactive ketones (excluding diaryl/α,β-unsaturated/α-hetero) is 1. The Kier molecular flexibility index (Phi) is 23.0. The highest BCUT2D eigenvalue weighted by Crippen LogP contribution is 2.33. The van der Waals surface area contributed by atoms with Gasteiger partial charge in [-0.3, -0.25) is 29.3 Å². The Morgan fingerprint density at radius 3 is 2.23 bits per heavy atom. The van der Waals surface area contributed by atoms with E-state index in [1.807, 2.05) is 69.3 Å². The van der Waals surface area contributed by atoms with Crippen molar-refractivity contribution in [1.82, 2.24) is 19.8 Å². The number of carbonyl (C=O) groups excluding carboxylic acids is 5. The van der Waals surface area contributed by atoms with Gasteiger partial charge in [0.1, 0.15) is 24.5 Å². The molecule has 0 unspecified atom stereocenters. The lowest BCUT2D eigenvalue weighted by Crippen LogP contribution is -2.53. The highest BCUT2D eigenvalue weighted by Gasteiger charge is 2.41. The number of amides is 3. The van der Waals surface area contributed by atoms with Gasteiger partial charge >= 0.3 is 5.97 Å². The molecular formula is C57H75N5O14S. The van der Waals surface area contributed by atoms with E-state index in [0.29, 0.717) is 61.3 Å². The number of aliphatic hydroxyl groups excluding tert-OH is 1. The van der Waals surface area contributed by atoms with Gasteiger partial charge in [0, 0.05) is 50.0 Å². The predicted octanol–water partition coefficient (Wildman–Crippen LogP) is 7.32. The number of benzene rings is 4. The van der Waals surface area contributed by atoms with Crippen LogP contribution in [0.15, 0.2) is 102 Å². The Bertz CT molecular complexity index is 2740. The number of nitro groups is 1. The van der Waals surface area contributed by atoms with E-state index in [4.69, 9.17) is 18.9 Å². The van der Waals surface area contributed by atoms with Gasteiger partial charge in [0.25, 0.3) is 11.6 Å². The number of hydrogen-bond acceptors (Lipinski definition) is 14. The predicted molar refractivity (Wildman–Crippen MR) is 289 cm³/mol. The maximum atomic E-state index is 14.1. The van der Waals surface area contributed by atoms with Crippen molar-refractivity contribution in [1.29, 1.82) is 0 Å². The highest BCUT2D eigenvalue weighted by molar-refractivity contribution is 7.89. The van der Waals surface area contributed by atoms with Gasteiger partial charge < -0.3 is 39.6 Å². The third-order valence-electron chi connectivity index (χ3n) is 13.6. The molecule has 1 heterocycles. The summed E-state index contributed by atoms with van der Waals surface area (Å²) < 4.78 is 52.0. The maximum Gasteiger partial charge on any atom is 0.329 e. The summed E-state index contributed by atoms with van der Waals surface area (Å²) in [7, 11) is -1.11. The number of ketones is 1. The van der Waals surface area contributed by atoms with E-state index in [9.17, 15) is 47.6 Å². The first-order chi connectivity index (χ1) is 36.7. The normalized spacial score (nSPS) is 15.0.